The van der Waals surface area contributed by atoms with E-state index < -0.39 is 0 Å². The summed E-state index contributed by atoms with van der Waals surface area (Å²) >= 11 is 2.26. The molecule has 1 aliphatic rings. The number of rotatable bonds is 3. The minimum absolute atomic E-state index is 0.0262. The highest BCUT2D eigenvalue weighted by molar-refractivity contribution is 14.1. The van der Waals surface area contributed by atoms with Gasteiger partial charge in [-0.2, -0.15) is 0 Å². The molecule has 0 aliphatic heterocycles. The molecule has 2 unspecified atom stereocenters. The average Bonchev–Trinajstić information content (AvgIpc) is 2.79. The molecule has 0 bridgehead atoms. The van der Waals surface area contributed by atoms with E-state index in [9.17, 15) is 4.79 Å². The summed E-state index contributed by atoms with van der Waals surface area (Å²) in [7, 11) is 0. The highest BCUT2D eigenvalue weighted by atomic mass is 127. The van der Waals surface area contributed by atoms with Crippen LogP contribution in [0, 0.1) is 16.4 Å². The molecule has 1 aromatic carbocycles. The highest BCUT2D eigenvalue weighted by Gasteiger charge is 2.27. The van der Waals surface area contributed by atoms with Crippen LogP contribution in [0.5, 0.6) is 0 Å². The summed E-state index contributed by atoms with van der Waals surface area (Å²) in [6.07, 6.45) is 3.35. The van der Waals surface area contributed by atoms with Gasteiger partial charge in [0.25, 0.3) is 5.91 Å². The zero-order chi connectivity index (χ0) is 13.1. The number of carbonyl (C=O) groups is 1. The zero-order valence-electron chi connectivity index (χ0n) is 10.6. The van der Waals surface area contributed by atoms with Crippen LogP contribution < -0.4 is 11.1 Å². The number of benzene rings is 1. The summed E-state index contributed by atoms with van der Waals surface area (Å²) in [4.78, 5) is 12.2. The molecule has 2 rings (SSSR count). The Labute approximate surface area is 122 Å². The second kappa shape index (κ2) is 6.02. The quantitative estimate of drug-likeness (QED) is 0.816. The standard InChI is InChI=1S/C14H19IN2O/c1-9-5-6-10(7-12(9)15)14(18)17-13-4-2-3-11(13)8-16/h5-7,11,13H,2-4,8,16H2,1H3,(H,17,18). The maximum atomic E-state index is 12.2. The van der Waals surface area contributed by atoms with Gasteiger partial charge in [-0.05, 0) is 72.5 Å². The van der Waals surface area contributed by atoms with Crippen molar-refractivity contribution in [2.24, 2.45) is 11.7 Å². The fourth-order valence-corrected chi connectivity index (χ4v) is 3.01. The zero-order valence-corrected chi connectivity index (χ0v) is 12.7. The van der Waals surface area contributed by atoms with E-state index in [4.69, 9.17) is 5.73 Å². The van der Waals surface area contributed by atoms with Gasteiger partial charge in [-0.1, -0.05) is 12.5 Å². The Hall–Kier alpha value is -0.620. The maximum Gasteiger partial charge on any atom is 0.251 e. The number of halogens is 1. The lowest BCUT2D eigenvalue weighted by Crippen LogP contribution is -2.39. The third-order valence-corrected chi connectivity index (χ3v) is 4.87. The monoisotopic (exact) mass is 358 g/mol. The van der Waals surface area contributed by atoms with Crippen LogP contribution in [0.2, 0.25) is 0 Å². The van der Waals surface area contributed by atoms with Crippen molar-refractivity contribution in [3.63, 3.8) is 0 Å². The van der Waals surface area contributed by atoms with E-state index in [1.807, 2.05) is 25.1 Å². The van der Waals surface area contributed by atoms with Gasteiger partial charge in [0, 0.05) is 15.2 Å². The first-order valence-electron chi connectivity index (χ1n) is 6.39. The minimum atomic E-state index is 0.0262. The lowest BCUT2D eigenvalue weighted by molar-refractivity contribution is 0.0928. The molecular formula is C14H19IN2O. The number of carbonyl (C=O) groups excluding carboxylic acids is 1. The number of aryl methyl sites for hydroxylation is 1. The topological polar surface area (TPSA) is 55.1 Å². The third kappa shape index (κ3) is 3.03. The molecule has 0 heterocycles. The van der Waals surface area contributed by atoms with Crippen LogP contribution in [-0.2, 0) is 0 Å². The predicted octanol–water partition coefficient (Wildman–Crippen LogP) is 2.46. The summed E-state index contributed by atoms with van der Waals surface area (Å²) in [6.45, 7) is 2.71. The highest BCUT2D eigenvalue weighted by Crippen LogP contribution is 2.25. The van der Waals surface area contributed by atoms with Crippen LogP contribution in [0.3, 0.4) is 0 Å². The predicted molar refractivity (Wildman–Crippen MR) is 81.5 cm³/mol. The molecule has 1 amide bonds. The van der Waals surface area contributed by atoms with Crippen molar-refractivity contribution in [1.29, 1.82) is 0 Å². The molecule has 2 atom stereocenters. The molecule has 0 aromatic heterocycles. The maximum absolute atomic E-state index is 12.2. The molecular weight excluding hydrogens is 339 g/mol. The molecule has 4 heteroatoms. The van der Waals surface area contributed by atoms with Gasteiger partial charge >= 0.3 is 0 Å². The van der Waals surface area contributed by atoms with Crippen LogP contribution >= 0.6 is 22.6 Å². The summed E-state index contributed by atoms with van der Waals surface area (Å²) < 4.78 is 1.13. The third-order valence-electron chi connectivity index (χ3n) is 3.71. The number of nitrogens with one attached hydrogen (secondary N) is 1. The van der Waals surface area contributed by atoms with Crippen LogP contribution in [0.15, 0.2) is 18.2 Å². The molecule has 98 valence electrons. The van der Waals surface area contributed by atoms with Gasteiger partial charge in [0.15, 0.2) is 0 Å². The van der Waals surface area contributed by atoms with Gasteiger partial charge in [0.1, 0.15) is 0 Å². The Kier molecular flexibility index (Phi) is 4.61. The van der Waals surface area contributed by atoms with E-state index >= 15 is 0 Å². The van der Waals surface area contributed by atoms with Gasteiger partial charge in [-0.25, -0.2) is 0 Å². The first-order valence-corrected chi connectivity index (χ1v) is 7.46. The second-order valence-electron chi connectivity index (χ2n) is 4.97. The molecule has 0 spiro atoms. The fraction of sp³-hybridized carbons (Fsp3) is 0.500. The average molecular weight is 358 g/mol. The van der Waals surface area contributed by atoms with Crippen LogP contribution in [-0.4, -0.2) is 18.5 Å². The molecule has 18 heavy (non-hydrogen) atoms. The largest absolute Gasteiger partial charge is 0.349 e. The molecule has 1 aliphatic carbocycles. The second-order valence-corrected chi connectivity index (χ2v) is 6.13. The SMILES string of the molecule is Cc1ccc(C(=O)NC2CCCC2CN)cc1I. The van der Waals surface area contributed by atoms with E-state index in [0.717, 1.165) is 28.4 Å². The van der Waals surface area contributed by atoms with Crippen molar-refractivity contribution in [2.75, 3.05) is 6.54 Å². The minimum Gasteiger partial charge on any atom is -0.349 e. The van der Waals surface area contributed by atoms with Gasteiger partial charge in [0.05, 0.1) is 0 Å². The molecule has 1 aromatic rings. The Morgan fingerprint density at radius 1 is 1.50 bits per heavy atom. The van der Waals surface area contributed by atoms with E-state index in [1.165, 1.54) is 5.56 Å². The Bertz CT molecular complexity index is 447. The van der Waals surface area contributed by atoms with Crippen molar-refractivity contribution in [1.82, 2.24) is 5.32 Å². The van der Waals surface area contributed by atoms with E-state index in [0.29, 0.717) is 12.5 Å². The summed E-state index contributed by atoms with van der Waals surface area (Å²) in [6, 6.07) is 6.07. The first kappa shape index (κ1) is 13.8. The van der Waals surface area contributed by atoms with Crippen LogP contribution in [0.1, 0.15) is 35.2 Å². The normalized spacial score (nSPS) is 23.1. The summed E-state index contributed by atoms with van der Waals surface area (Å²) in [5.41, 5.74) is 7.68. The van der Waals surface area contributed by atoms with Gasteiger partial charge in [0.2, 0.25) is 0 Å². The lowest BCUT2D eigenvalue weighted by atomic mass is 10.0. The van der Waals surface area contributed by atoms with Crippen LogP contribution in [0.25, 0.3) is 0 Å². The number of hydrogen-bond donors (Lipinski definition) is 2. The number of nitrogens with two attached hydrogens (primary N) is 1. The summed E-state index contributed by atoms with van der Waals surface area (Å²) in [5.74, 6) is 0.469. The molecule has 1 fully saturated rings. The van der Waals surface area contributed by atoms with Crippen molar-refractivity contribution >= 4 is 28.5 Å². The van der Waals surface area contributed by atoms with Crippen molar-refractivity contribution < 1.29 is 4.79 Å². The smallest absolute Gasteiger partial charge is 0.251 e. The number of hydrogen-bond acceptors (Lipinski definition) is 2. The molecule has 3 N–H and O–H groups in total. The van der Waals surface area contributed by atoms with Crippen molar-refractivity contribution in [2.45, 2.75) is 32.2 Å². The Morgan fingerprint density at radius 3 is 2.94 bits per heavy atom. The Balaban J connectivity index is 2.05. The molecule has 1 saturated carbocycles. The van der Waals surface area contributed by atoms with E-state index in [1.54, 1.807) is 0 Å². The lowest BCUT2D eigenvalue weighted by Gasteiger charge is -2.19. The number of amides is 1. The molecule has 0 radical (unpaired) electrons. The molecule has 3 nitrogen and oxygen atoms in total. The van der Waals surface area contributed by atoms with Crippen molar-refractivity contribution in [3.8, 4) is 0 Å². The van der Waals surface area contributed by atoms with Gasteiger partial charge in [-0.15, -0.1) is 0 Å². The van der Waals surface area contributed by atoms with E-state index in [2.05, 4.69) is 27.9 Å². The first-order chi connectivity index (χ1) is 8.61. The van der Waals surface area contributed by atoms with Gasteiger partial charge in [-0.3, -0.25) is 4.79 Å². The van der Waals surface area contributed by atoms with Gasteiger partial charge < -0.3 is 11.1 Å². The molecule has 0 saturated heterocycles. The fourth-order valence-electron chi connectivity index (χ4n) is 2.49. The van der Waals surface area contributed by atoms with Crippen molar-refractivity contribution in [3.05, 3.63) is 32.9 Å². The Morgan fingerprint density at radius 2 is 2.28 bits per heavy atom. The van der Waals surface area contributed by atoms with E-state index in [-0.39, 0.29) is 11.9 Å². The summed E-state index contributed by atoms with van der Waals surface area (Å²) in [5, 5.41) is 3.12. The van der Waals surface area contributed by atoms with Crippen LogP contribution in [0.4, 0.5) is 0 Å².